The number of hydrogen-bond acceptors (Lipinski definition) is 2. The predicted octanol–water partition coefficient (Wildman–Crippen LogP) is 5.48. The molecule has 5 heteroatoms. The second kappa shape index (κ2) is 9.18. The summed E-state index contributed by atoms with van der Waals surface area (Å²) in [7, 11) is 0. The van der Waals surface area contributed by atoms with Crippen LogP contribution in [0.1, 0.15) is 18.4 Å². The van der Waals surface area contributed by atoms with Gasteiger partial charge in [-0.1, -0.05) is 48.5 Å². The van der Waals surface area contributed by atoms with Crippen LogP contribution in [0.4, 0.5) is 14.5 Å². The molecule has 0 aliphatic carbocycles. The van der Waals surface area contributed by atoms with Crippen molar-refractivity contribution in [3.8, 4) is 11.1 Å². The van der Waals surface area contributed by atoms with E-state index >= 15 is 0 Å². The van der Waals surface area contributed by atoms with Crippen molar-refractivity contribution in [3.63, 3.8) is 0 Å². The lowest BCUT2D eigenvalue weighted by Gasteiger charge is -2.32. The van der Waals surface area contributed by atoms with E-state index in [9.17, 15) is 13.6 Å². The summed E-state index contributed by atoms with van der Waals surface area (Å²) in [6.45, 7) is 1.95. The Morgan fingerprint density at radius 3 is 2.40 bits per heavy atom. The molecule has 1 aliphatic heterocycles. The maximum Gasteiger partial charge on any atom is 0.228 e. The number of amides is 1. The van der Waals surface area contributed by atoms with E-state index in [0.29, 0.717) is 18.7 Å². The fourth-order valence-corrected chi connectivity index (χ4v) is 3.93. The summed E-state index contributed by atoms with van der Waals surface area (Å²) in [6.07, 6.45) is 1.72. The maximum absolute atomic E-state index is 13.5. The summed E-state index contributed by atoms with van der Waals surface area (Å²) in [4.78, 5) is 14.9. The molecule has 4 rings (SSSR count). The molecule has 3 aromatic rings. The first-order chi connectivity index (χ1) is 14.6. The number of nitrogens with zero attached hydrogens (tertiary/aromatic N) is 1. The third-order valence-corrected chi connectivity index (χ3v) is 5.53. The Hall–Kier alpha value is -3.05. The Balaban J connectivity index is 1.35. The third kappa shape index (κ3) is 4.92. The van der Waals surface area contributed by atoms with Crippen LogP contribution in [0.5, 0.6) is 0 Å². The van der Waals surface area contributed by atoms with Crippen molar-refractivity contribution in [2.24, 2.45) is 5.92 Å². The number of benzene rings is 3. The molecule has 0 spiro atoms. The number of carbonyl (C=O) groups is 1. The normalized spacial score (nSPS) is 16.9. The zero-order chi connectivity index (χ0) is 20.9. The van der Waals surface area contributed by atoms with E-state index in [1.807, 2.05) is 42.5 Å². The van der Waals surface area contributed by atoms with Gasteiger partial charge < -0.3 is 5.32 Å². The second-order valence-electron chi connectivity index (χ2n) is 7.76. The largest absolute Gasteiger partial charge is 0.326 e. The van der Waals surface area contributed by atoms with Gasteiger partial charge in [0.15, 0.2) is 11.6 Å². The Kier molecular flexibility index (Phi) is 6.19. The zero-order valence-corrected chi connectivity index (χ0v) is 16.7. The van der Waals surface area contributed by atoms with Gasteiger partial charge in [0.2, 0.25) is 5.91 Å². The topological polar surface area (TPSA) is 32.3 Å². The number of hydrogen-bond donors (Lipinski definition) is 1. The number of rotatable bonds is 5. The minimum absolute atomic E-state index is 0.00236. The molecular weight excluding hydrogens is 382 g/mol. The molecule has 1 N–H and O–H groups in total. The highest BCUT2D eigenvalue weighted by Gasteiger charge is 2.26. The lowest BCUT2D eigenvalue weighted by Crippen LogP contribution is -2.40. The average molecular weight is 406 g/mol. The minimum Gasteiger partial charge on any atom is -0.326 e. The van der Waals surface area contributed by atoms with E-state index in [-0.39, 0.29) is 11.8 Å². The second-order valence-corrected chi connectivity index (χ2v) is 7.76. The van der Waals surface area contributed by atoms with Crippen molar-refractivity contribution in [1.29, 1.82) is 0 Å². The fourth-order valence-electron chi connectivity index (χ4n) is 3.93. The highest BCUT2D eigenvalue weighted by Crippen LogP contribution is 2.24. The predicted molar refractivity (Wildman–Crippen MR) is 115 cm³/mol. The van der Waals surface area contributed by atoms with Crippen LogP contribution in [0.3, 0.4) is 0 Å². The monoisotopic (exact) mass is 406 g/mol. The van der Waals surface area contributed by atoms with Gasteiger partial charge in [0.05, 0.1) is 5.92 Å². The Morgan fingerprint density at radius 1 is 0.933 bits per heavy atom. The molecule has 1 atom stereocenters. The third-order valence-electron chi connectivity index (χ3n) is 5.53. The van der Waals surface area contributed by atoms with Gasteiger partial charge in [0, 0.05) is 18.8 Å². The summed E-state index contributed by atoms with van der Waals surface area (Å²) in [5.74, 6) is -1.80. The van der Waals surface area contributed by atoms with Crippen LogP contribution in [0.25, 0.3) is 11.1 Å². The molecule has 0 radical (unpaired) electrons. The summed E-state index contributed by atoms with van der Waals surface area (Å²) in [5.41, 5.74) is 3.73. The van der Waals surface area contributed by atoms with Crippen LogP contribution in [-0.4, -0.2) is 23.9 Å². The van der Waals surface area contributed by atoms with Crippen LogP contribution in [-0.2, 0) is 11.3 Å². The van der Waals surface area contributed by atoms with E-state index in [1.165, 1.54) is 6.07 Å². The highest BCUT2D eigenvalue weighted by molar-refractivity contribution is 5.93. The van der Waals surface area contributed by atoms with Crippen molar-refractivity contribution in [3.05, 3.63) is 90.0 Å². The van der Waals surface area contributed by atoms with Crippen LogP contribution in [0.2, 0.25) is 0 Å². The fraction of sp³-hybridized carbons (Fsp3) is 0.240. The minimum atomic E-state index is -0.840. The first kappa shape index (κ1) is 20.2. The van der Waals surface area contributed by atoms with Gasteiger partial charge in [-0.05, 0) is 60.3 Å². The first-order valence-corrected chi connectivity index (χ1v) is 10.2. The van der Waals surface area contributed by atoms with E-state index < -0.39 is 11.6 Å². The summed E-state index contributed by atoms with van der Waals surface area (Å²) in [5, 5.41) is 3.02. The van der Waals surface area contributed by atoms with Crippen molar-refractivity contribution < 1.29 is 13.6 Å². The SMILES string of the molecule is O=C(Nc1ccc(-c2ccccc2)cc1)C1CCCN(Cc2ccc(F)c(F)c2)C1. The van der Waals surface area contributed by atoms with Gasteiger partial charge in [-0.15, -0.1) is 0 Å². The molecule has 1 aliphatic rings. The summed E-state index contributed by atoms with van der Waals surface area (Å²) >= 11 is 0. The lowest BCUT2D eigenvalue weighted by molar-refractivity contribution is -0.121. The van der Waals surface area contributed by atoms with Crippen LogP contribution in [0.15, 0.2) is 72.8 Å². The number of nitrogens with one attached hydrogen (secondary N) is 1. The van der Waals surface area contributed by atoms with Crippen LogP contribution >= 0.6 is 0 Å². The molecular formula is C25H24F2N2O. The van der Waals surface area contributed by atoms with E-state index in [2.05, 4.69) is 22.3 Å². The molecule has 1 fully saturated rings. The van der Waals surface area contributed by atoms with Crippen molar-refractivity contribution in [1.82, 2.24) is 4.90 Å². The summed E-state index contributed by atoms with van der Waals surface area (Å²) in [6, 6.07) is 21.9. The number of likely N-dealkylation sites (tertiary alicyclic amines) is 1. The molecule has 154 valence electrons. The molecule has 1 heterocycles. The zero-order valence-electron chi connectivity index (χ0n) is 16.7. The molecule has 0 saturated carbocycles. The average Bonchev–Trinajstić information content (AvgIpc) is 2.78. The van der Waals surface area contributed by atoms with Gasteiger partial charge in [-0.25, -0.2) is 8.78 Å². The van der Waals surface area contributed by atoms with Gasteiger partial charge in [-0.2, -0.15) is 0 Å². The Morgan fingerprint density at radius 2 is 1.67 bits per heavy atom. The molecule has 1 amide bonds. The van der Waals surface area contributed by atoms with Gasteiger partial charge in [-0.3, -0.25) is 9.69 Å². The molecule has 1 unspecified atom stereocenters. The molecule has 1 saturated heterocycles. The quantitative estimate of drug-likeness (QED) is 0.608. The van der Waals surface area contributed by atoms with Gasteiger partial charge in [0.1, 0.15) is 0 Å². The molecule has 0 aromatic heterocycles. The highest BCUT2D eigenvalue weighted by atomic mass is 19.2. The van der Waals surface area contributed by atoms with Crippen LogP contribution < -0.4 is 5.32 Å². The van der Waals surface area contributed by atoms with Crippen molar-refractivity contribution in [2.75, 3.05) is 18.4 Å². The first-order valence-electron chi connectivity index (χ1n) is 10.2. The summed E-state index contributed by atoms with van der Waals surface area (Å²) < 4.78 is 26.6. The van der Waals surface area contributed by atoms with E-state index in [1.54, 1.807) is 6.07 Å². The van der Waals surface area contributed by atoms with E-state index in [4.69, 9.17) is 0 Å². The van der Waals surface area contributed by atoms with Gasteiger partial charge in [0.25, 0.3) is 0 Å². The van der Waals surface area contributed by atoms with Crippen LogP contribution in [0, 0.1) is 17.6 Å². The number of piperidine rings is 1. The van der Waals surface area contributed by atoms with Crippen molar-refractivity contribution >= 4 is 11.6 Å². The number of carbonyl (C=O) groups excluding carboxylic acids is 1. The van der Waals surface area contributed by atoms with E-state index in [0.717, 1.165) is 42.3 Å². The molecule has 3 nitrogen and oxygen atoms in total. The number of halogens is 2. The van der Waals surface area contributed by atoms with Crippen molar-refractivity contribution in [2.45, 2.75) is 19.4 Å². The van der Waals surface area contributed by atoms with Gasteiger partial charge >= 0.3 is 0 Å². The number of anilines is 1. The Labute approximate surface area is 175 Å². The molecule has 3 aromatic carbocycles. The standard InChI is InChI=1S/C25H24F2N2O/c26-23-13-8-18(15-24(23)27)16-29-14-4-7-21(17-29)25(30)28-22-11-9-20(10-12-22)19-5-2-1-3-6-19/h1-3,5-6,8-13,15,21H,4,7,14,16-17H2,(H,28,30). The molecule has 30 heavy (non-hydrogen) atoms. The lowest BCUT2D eigenvalue weighted by atomic mass is 9.96. The Bertz CT molecular complexity index is 1010. The smallest absolute Gasteiger partial charge is 0.228 e. The maximum atomic E-state index is 13.5. The molecule has 0 bridgehead atoms.